The van der Waals surface area contributed by atoms with Gasteiger partial charge in [-0.1, -0.05) is 19.1 Å². The summed E-state index contributed by atoms with van der Waals surface area (Å²) in [6.45, 7) is 2.92. The number of benzene rings is 1. The molecule has 1 N–H and O–H groups in total. The van der Waals surface area contributed by atoms with Gasteiger partial charge in [0, 0.05) is 6.92 Å². The minimum atomic E-state index is -0.667. The molecule has 4 nitrogen and oxygen atoms in total. The maximum atomic E-state index is 11.6. The number of carbonyl (C=O) groups is 2. The molecular formula is C12H15NaO4. The van der Waals surface area contributed by atoms with Crippen LogP contribution in [0.1, 0.15) is 36.8 Å². The van der Waals surface area contributed by atoms with Gasteiger partial charge in [-0.15, -0.1) is 0 Å². The molecule has 0 saturated carbocycles. The molecule has 0 aliphatic heterocycles. The van der Waals surface area contributed by atoms with E-state index in [9.17, 15) is 9.59 Å². The predicted octanol–water partition coefficient (Wildman–Crippen LogP) is -1.44. The third kappa shape index (κ3) is 4.24. The number of hydrogen-bond donors (Lipinski definition) is 1. The van der Waals surface area contributed by atoms with Crippen molar-refractivity contribution < 1.29 is 50.4 Å². The van der Waals surface area contributed by atoms with Crippen LogP contribution in [0.2, 0.25) is 0 Å². The second-order valence-corrected chi connectivity index (χ2v) is 3.34. The van der Waals surface area contributed by atoms with Crippen molar-refractivity contribution in [2.24, 2.45) is 0 Å². The fourth-order valence-electron chi connectivity index (χ4n) is 1.58. The number of esters is 2. The first kappa shape index (κ1) is 16.3. The van der Waals surface area contributed by atoms with Gasteiger partial charge in [0.15, 0.2) is 0 Å². The van der Waals surface area contributed by atoms with Crippen molar-refractivity contribution in [1.82, 2.24) is 0 Å². The number of ether oxygens (including phenoxy) is 1. The Hall–Kier alpha value is -0.680. The van der Waals surface area contributed by atoms with Gasteiger partial charge < -0.3 is 11.3 Å². The molecule has 0 heterocycles. The van der Waals surface area contributed by atoms with E-state index in [1.165, 1.54) is 6.92 Å². The zero-order valence-electron chi connectivity index (χ0n) is 11.3. The Kier molecular flexibility index (Phi) is 7.30. The number of hydrogen-bond acceptors (Lipinski definition) is 4. The molecule has 0 aliphatic carbocycles. The Morgan fingerprint density at radius 2 is 2.06 bits per heavy atom. The van der Waals surface area contributed by atoms with E-state index in [1.54, 1.807) is 18.2 Å². The number of rotatable bonds is 3. The van der Waals surface area contributed by atoms with E-state index in [4.69, 9.17) is 5.11 Å². The van der Waals surface area contributed by atoms with E-state index < -0.39 is 11.9 Å². The molecule has 5 heteroatoms. The van der Waals surface area contributed by atoms with Crippen LogP contribution in [0.4, 0.5) is 0 Å². The minimum absolute atomic E-state index is 0. The van der Waals surface area contributed by atoms with E-state index in [0.29, 0.717) is 17.5 Å². The van der Waals surface area contributed by atoms with Gasteiger partial charge >= 0.3 is 41.5 Å². The molecule has 1 aromatic carbocycles. The Balaban J connectivity index is 0. The SMILES string of the molecule is CCc1c(CO)cccc1C(=O)OC(C)=O.[H-].[Na+]. The van der Waals surface area contributed by atoms with Gasteiger partial charge in [-0.25, -0.2) is 4.79 Å². The first-order valence-electron chi connectivity index (χ1n) is 5.04. The largest absolute Gasteiger partial charge is 1.00 e. The second kappa shape index (κ2) is 7.61. The standard InChI is InChI=1S/C12H14O4.Na.H/c1-3-10-9(7-13)5-4-6-11(10)12(15)16-8(2)14;;/h4-6,13H,3,7H2,1-2H3;;/q;+1;-1. The molecule has 1 rings (SSSR count). The zero-order valence-corrected chi connectivity index (χ0v) is 12.3. The molecule has 0 atom stereocenters. The normalized spacial score (nSPS) is 9.35. The smallest absolute Gasteiger partial charge is 1.00 e. The first-order chi connectivity index (χ1) is 7.60. The molecule has 0 saturated heterocycles. The molecule has 0 amide bonds. The van der Waals surface area contributed by atoms with Crippen molar-refractivity contribution in [3.05, 3.63) is 34.9 Å². The molecular weight excluding hydrogens is 231 g/mol. The number of carbonyl (C=O) groups excluding carboxylic acids is 2. The van der Waals surface area contributed by atoms with E-state index in [1.807, 2.05) is 6.92 Å². The molecule has 17 heavy (non-hydrogen) atoms. The second-order valence-electron chi connectivity index (χ2n) is 3.34. The predicted molar refractivity (Wildman–Crippen MR) is 59.0 cm³/mol. The number of aliphatic hydroxyl groups excluding tert-OH is 1. The van der Waals surface area contributed by atoms with E-state index in [2.05, 4.69) is 4.74 Å². The van der Waals surface area contributed by atoms with Crippen LogP contribution >= 0.6 is 0 Å². The van der Waals surface area contributed by atoms with Crippen LogP contribution in [-0.2, 0) is 22.6 Å². The average Bonchev–Trinajstić information content (AvgIpc) is 2.26. The zero-order chi connectivity index (χ0) is 12.1. The van der Waals surface area contributed by atoms with Gasteiger partial charge in [0.05, 0.1) is 12.2 Å². The third-order valence-electron chi connectivity index (χ3n) is 2.25. The summed E-state index contributed by atoms with van der Waals surface area (Å²) in [5, 5.41) is 9.12. The quantitative estimate of drug-likeness (QED) is 0.403. The minimum Gasteiger partial charge on any atom is -1.00 e. The summed E-state index contributed by atoms with van der Waals surface area (Å²) in [6, 6.07) is 4.98. The molecule has 0 aromatic heterocycles. The molecule has 0 unspecified atom stereocenters. The van der Waals surface area contributed by atoms with Crippen molar-refractivity contribution in [3.8, 4) is 0 Å². The summed E-state index contributed by atoms with van der Waals surface area (Å²) < 4.78 is 4.52. The topological polar surface area (TPSA) is 63.6 Å². The molecule has 0 aliphatic rings. The maximum Gasteiger partial charge on any atom is 1.00 e. The van der Waals surface area contributed by atoms with Crippen LogP contribution in [0.5, 0.6) is 0 Å². The van der Waals surface area contributed by atoms with Crippen LogP contribution in [0, 0.1) is 0 Å². The Morgan fingerprint density at radius 3 is 2.53 bits per heavy atom. The van der Waals surface area contributed by atoms with Crippen LogP contribution in [0.15, 0.2) is 18.2 Å². The van der Waals surface area contributed by atoms with Crippen molar-refractivity contribution in [2.75, 3.05) is 0 Å². The Morgan fingerprint density at radius 1 is 1.41 bits per heavy atom. The summed E-state index contributed by atoms with van der Waals surface area (Å²) in [5.74, 6) is -1.30. The number of aliphatic hydroxyl groups is 1. The molecule has 0 radical (unpaired) electrons. The molecule has 0 spiro atoms. The third-order valence-corrected chi connectivity index (χ3v) is 2.25. The van der Waals surface area contributed by atoms with Crippen molar-refractivity contribution in [3.63, 3.8) is 0 Å². The van der Waals surface area contributed by atoms with Gasteiger partial charge in [0.2, 0.25) is 0 Å². The van der Waals surface area contributed by atoms with Crippen molar-refractivity contribution >= 4 is 11.9 Å². The fourth-order valence-corrected chi connectivity index (χ4v) is 1.58. The van der Waals surface area contributed by atoms with Crippen LogP contribution in [0.3, 0.4) is 0 Å². The summed E-state index contributed by atoms with van der Waals surface area (Å²) in [4.78, 5) is 22.3. The van der Waals surface area contributed by atoms with Crippen LogP contribution in [-0.4, -0.2) is 17.0 Å². The maximum absolute atomic E-state index is 11.6. The van der Waals surface area contributed by atoms with Gasteiger partial charge in [0.25, 0.3) is 0 Å². The molecule has 1 aromatic rings. The summed E-state index contributed by atoms with van der Waals surface area (Å²) in [5.41, 5.74) is 1.74. The van der Waals surface area contributed by atoms with Gasteiger partial charge in [-0.2, -0.15) is 0 Å². The van der Waals surface area contributed by atoms with E-state index >= 15 is 0 Å². The Bertz CT molecular complexity index is 421. The van der Waals surface area contributed by atoms with Crippen molar-refractivity contribution in [1.29, 1.82) is 0 Å². The fraction of sp³-hybridized carbons (Fsp3) is 0.333. The van der Waals surface area contributed by atoms with E-state index in [-0.39, 0.29) is 37.6 Å². The monoisotopic (exact) mass is 246 g/mol. The molecule has 0 bridgehead atoms. The van der Waals surface area contributed by atoms with E-state index in [0.717, 1.165) is 5.56 Å². The van der Waals surface area contributed by atoms with Crippen LogP contribution in [0.25, 0.3) is 0 Å². The Labute approximate surface area is 124 Å². The average molecular weight is 246 g/mol. The molecule has 0 fully saturated rings. The summed E-state index contributed by atoms with van der Waals surface area (Å²) in [6.07, 6.45) is 0.596. The van der Waals surface area contributed by atoms with Crippen LogP contribution < -0.4 is 29.6 Å². The summed E-state index contributed by atoms with van der Waals surface area (Å²) in [7, 11) is 0. The summed E-state index contributed by atoms with van der Waals surface area (Å²) >= 11 is 0. The van der Waals surface area contributed by atoms with Gasteiger partial charge in [0.1, 0.15) is 0 Å². The van der Waals surface area contributed by atoms with Crippen molar-refractivity contribution in [2.45, 2.75) is 26.9 Å². The molecule has 88 valence electrons. The van der Waals surface area contributed by atoms with Gasteiger partial charge in [-0.05, 0) is 23.6 Å². The first-order valence-corrected chi connectivity index (χ1v) is 5.04. The van der Waals surface area contributed by atoms with Gasteiger partial charge in [-0.3, -0.25) is 4.79 Å².